The van der Waals surface area contributed by atoms with E-state index in [2.05, 4.69) is 0 Å². The fourth-order valence-corrected chi connectivity index (χ4v) is 4.96. The summed E-state index contributed by atoms with van der Waals surface area (Å²) >= 11 is 0. The molecule has 0 saturated carbocycles. The molecule has 1 aromatic rings. The van der Waals surface area contributed by atoms with Crippen LogP contribution in [0.1, 0.15) is 31.4 Å². The van der Waals surface area contributed by atoms with Gasteiger partial charge in [0.15, 0.2) is 23.1 Å². The van der Waals surface area contributed by atoms with Crippen LogP contribution in [0.25, 0.3) is 0 Å². The minimum absolute atomic E-state index is 0.0325. The minimum Gasteiger partial charge on any atom is -0.482 e. The first kappa shape index (κ1) is 22.2. The average molecular weight is 412 g/mol. The molecule has 1 fully saturated rings. The predicted octanol–water partition coefficient (Wildman–Crippen LogP) is 1.90. The highest BCUT2D eigenvalue weighted by Gasteiger charge is 2.35. The Morgan fingerprint density at radius 2 is 1.93 bits per heavy atom. The van der Waals surface area contributed by atoms with Crippen molar-refractivity contribution in [3.63, 3.8) is 0 Å². The summed E-state index contributed by atoms with van der Waals surface area (Å²) in [4.78, 5) is 26.0. The van der Waals surface area contributed by atoms with Gasteiger partial charge in [-0.1, -0.05) is 31.5 Å². The molecule has 1 aromatic carbocycles. The lowest BCUT2D eigenvalue weighted by atomic mass is 10.1. The van der Waals surface area contributed by atoms with E-state index in [4.69, 9.17) is 9.47 Å². The molecule has 0 unspecified atom stereocenters. The maximum atomic E-state index is 12.6. The van der Waals surface area contributed by atoms with Crippen LogP contribution in [0.2, 0.25) is 0 Å². The Hall–Kier alpha value is -2.09. The zero-order valence-corrected chi connectivity index (χ0v) is 17.8. The summed E-state index contributed by atoms with van der Waals surface area (Å²) in [5, 5.41) is 0. The zero-order chi connectivity index (χ0) is 20.9. The van der Waals surface area contributed by atoms with Crippen LogP contribution in [0.5, 0.6) is 5.75 Å². The molecule has 1 aliphatic rings. The van der Waals surface area contributed by atoms with E-state index in [1.807, 2.05) is 39.8 Å². The van der Waals surface area contributed by atoms with Crippen molar-refractivity contribution in [2.24, 2.45) is 5.92 Å². The molecule has 0 aliphatic carbocycles. The van der Waals surface area contributed by atoms with Gasteiger partial charge in [0.05, 0.1) is 11.5 Å². The molecule has 0 aromatic heterocycles. The Morgan fingerprint density at radius 1 is 1.21 bits per heavy atom. The van der Waals surface area contributed by atoms with Gasteiger partial charge in [-0.25, -0.2) is 13.2 Å². The average Bonchev–Trinajstić information content (AvgIpc) is 2.96. The van der Waals surface area contributed by atoms with Gasteiger partial charge in [0, 0.05) is 12.6 Å². The minimum atomic E-state index is -3.11. The number of ether oxygens (including phenoxy) is 2. The first-order valence-corrected chi connectivity index (χ1v) is 11.2. The number of nitrogens with zero attached hydrogens (tertiary/aromatic N) is 1. The van der Waals surface area contributed by atoms with Crippen molar-refractivity contribution < 1.29 is 27.5 Å². The molecule has 2 rings (SSSR count). The molecule has 0 radical (unpaired) electrons. The fraction of sp³-hybridized carbons (Fsp3) is 0.600. The predicted molar refractivity (Wildman–Crippen MR) is 106 cm³/mol. The van der Waals surface area contributed by atoms with E-state index >= 15 is 0 Å². The fourth-order valence-electron chi connectivity index (χ4n) is 3.23. The van der Waals surface area contributed by atoms with Gasteiger partial charge in [0.25, 0.3) is 5.91 Å². The molecule has 1 saturated heterocycles. The molecule has 1 atom stereocenters. The first-order chi connectivity index (χ1) is 13.1. The summed E-state index contributed by atoms with van der Waals surface area (Å²) < 4.78 is 34.0. The highest BCUT2D eigenvalue weighted by atomic mass is 32.2. The van der Waals surface area contributed by atoms with Crippen molar-refractivity contribution in [2.75, 3.05) is 31.3 Å². The van der Waals surface area contributed by atoms with E-state index in [9.17, 15) is 18.0 Å². The van der Waals surface area contributed by atoms with E-state index in [0.29, 0.717) is 18.7 Å². The number of amides is 1. The Kier molecular flexibility index (Phi) is 7.46. The summed E-state index contributed by atoms with van der Waals surface area (Å²) in [5.74, 6) is -0.201. The zero-order valence-electron chi connectivity index (χ0n) is 16.9. The monoisotopic (exact) mass is 411 g/mol. The first-order valence-electron chi connectivity index (χ1n) is 9.43. The number of carbonyl (C=O) groups excluding carboxylic acids is 2. The number of hydrogen-bond acceptors (Lipinski definition) is 6. The van der Waals surface area contributed by atoms with Crippen molar-refractivity contribution in [1.82, 2.24) is 4.90 Å². The number of benzene rings is 1. The van der Waals surface area contributed by atoms with E-state index in [1.54, 1.807) is 6.07 Å². The lowest BCUT2D eigenvalue weighted by Gasteiger charge is -2.29. The molecule has 1 aliphatic heterocycles. The normalized spacial score (nSPS) is 18.1. The topological polar surface area (TPSA) is 90.0 Å². The number of sulfone groups is 1. The number of esters is 1. The molecule has 1 heterocycles. The van der Waals surface area contributed by atoms with Gasteiger partial charge in [-0.3, -0.25) is 4.79 Å². The van der Waals surface area contributed by atoms with Crippen molar-refractivity contribution in [2.45, 2.75) is 40.2 Å². The van der Waals surface area contributed by atoms with Gasteiger partial charge in [-0.05, 0) is 37.8 Å². The lowest BCUT2D eigenvalue weighted by molar-refractivity contribution is -0.154. The van der Waals surface area contributed by atoms with Crippen molar-refractivity contribution in [3.8, 4) is 5.75 Å². The summed E-state index contributed by atoms with van der Waals surface area (Å²) in [7, 11) is -3.11. The smallest absolute Gasteiger partial charge is 0.344 e. The van der Waals surface area contributed by atoms with E-state index in [0.717, 1.165) is 11.1 Å². The standard InChI is InChI=1S/C20H29NO6S/c1-14(2)10-21(17-7-8-28(24,25)13-17)19(22)11-27-20(23)12-26-18-6-5-15(3)9-16(18)4/h5-6,9,14,17H,7-8,10-13H2,1-4H3/t17-/m0/s1. The van der Waals surface area contributed by atoms with E-state index < -0.39 is 22.4 Å². The van der Waals surface area contributed by atoms with Crippen LogP contribution in [-0.2, 0) is 24.2 Å². The number of rotatable bonds is 8. The quantitative estimate of drug-likeness (QED) is 0.607. The lowest BCUT2D eigenvalue weighted by Crippen LogP contribution is -2.45. The summed E-state index contributed by atoms with van der Waals surface area (Å²) in [6.07, 6.45) is 0.421. The molecular formula is C20H29NO6S. The van der Waals surface area contributed by atoms with Crippen LogP contribution in [0.15, 0.2) is 18.2 Å². The Bertz CT molecular complexity index is 818. The van der Waals surface area contributed by atoms with Crippen LogP contribution in [0.4, 0.5) is 0 Å². The highest BCUT2D eigenvalue weighted by molar-refractivity contribution is 7.91. The number of aryl methyl sites for hydroxylation is 2. The number of carbonyl (C=O) groups is 2. The largest absolute Gasteiger partial charge is 0.482 e. The molecule has 28 heavy (non-hydrogen) atoms. The van der Waals surface area contributed by atoms with Gasteiger partial charge < -0.3 is 14.4 Å². The van der Waals surface area contributed by atoms with Gasteiger partial charge in [0.2, 0.25) is 0 Å². The molecule has 0 spiro atoms. The third-order valence-electron chi connectivity index (χ3n) is 4.56. The molecule has 8 heteroatoms. The Balaban J connectivity index is 1.87. The van der Waals surface area contributed by atoms with Crippen LogP contribution in [-0.4, -0.2) is 62.5 Å². The van der Waals surface area contributed by atoms with Crippen molar-refractivity contribution in [3.05, 3.63) is 29.3 Å². The van der Waals surface area contributed by atoms with Gasteiger partial charge in [-0.15, -0.1) is 0 Å². The van der Waals surface area contributed by atoms with Crippen LogP contribution >= 0.6 is 0 Å². The molecule has 1 amide bonds. The van der Waals surface area contributed by atoms with Crippen LogP contribution in [0.3, 0.4) is 0 Å². The Labute approximate surface area is 166 Å². The number of hydrogen-bond donors (Lipinski definition) is 0. The van der Waals surface area contributed by atoms with Gasteiger partial charge in [-0.2, -0.15) is 0 Å². The molecule has 156 valence electrons. The second kappa shape index (κ2) is 9.41. The summed E-state index contributed by atoms with van der Waals surface area (Å²) in [5.41, 5.74) is 2.01. The molecule has 0 N–H and O–H groups in total. The SMILES string of the molecule is Cc1ccc(OCC(=O)OCC(=O)N(CC(C)C)[C@H]2CCS(=O)(=O)C2)c(C)c1. The van der Waals surface area contributed by atoms with Gasteiger partial charge in [0.1, 0.15) is 5.75 Å². The Morgan fingerprint density at radius 3 is 2.50 bits per heavy atom. The maximum absolute atomic E-state index is 12.6. The van der Waals surface area contributed by atoms with Crippen molar-refractivity contribution in [1.29, 1.82) is 0 Å². The van der Waals surface area contributed by atoms with Crippen LogP contribution in [0, 0.1) is 19.8 Å². The van der Waals surface area contributed by atoms with Crippen LogP contribution < -0.4 is 4.74 Å². The summed E-state index contributed by atoms with van der Waals surface area (Å²) in [6, 6.07) is 5.26. The second-order valence-electron chi connectivity index (χ2n) is 7.72. The molecule has 7 nitrogen and oxygen atoms in total. The van der Waals surface area contributed by atoms with Gasteiger partial charge >= 0.3 is 5.97 Å². The highest BCUT2D eigenvalue weighted by Crippen LogP contribution is 2.20. The third kappa shape index (κ3) is 6.51. The van der Waals surface area contributed by atoms with Crippen molar-refractivity contribution >= 4 is 21.7 Å². The van der Waals surface area contributed by atoms with E-state index in [-0.39, 0.29) is 36.0 Å². The third-order valence-corrected chi connectivity index (χ3v) is 6.31. The molecular weight excluding hydrogens is 382 g/mol. The van der Waals surface area contributed by atoms with E-state index in [1.165, 1.54) is 4.90 Å². The second-order valence-corrected chi connectivity index (χ2v) is 9.94. The maximum Gasteiger partial charge on any atom is 0.344 e. The molecule has 0 bridgehead atoms. The summed E-state index contributed by atoms with van der Waals surface area (Å²) in [6.45, 7) is 7.47.